The fraction of sp³-hybridized carbons (Fsp3) is 0.520. The highest BCUT2D eigenvalue weighted by Crippen LogP contribution is 2.42. The summed E-state index contributed by atoms with van der Waals surface area (Å²) in [6, 6.07) is 11.3. The zero-order valence-corrected chi connectivity index (χ0v) is 21.6. The van der Waals surface area contributed by atoms with Crippen LogP contribution >= 0.6 is 0 Å². The molecule has 5 heteroatoms. The molecule has 0 unspecified atom stereocenters. The summed E-state index contributed by atoms with van der Waals surface area (Å²) in [5, 5.41) is 0. The number of ether oxygens (including phenoxy) is 1. The zero-order chi connectivity index (χ0) is 23.1. The molecule has 0 aromatic heterocycles. The van der Waals surface area contributed by atoms with Gasteiger partial charge in [0.05, 0.1) is 38.5 Å². The first-order valence-corrected chi connectivity index (χ1v) is 12.5. The first-order chi connectivity index (χ1) is 13.6. The summed E-state index contributed by atoms with van der Waals surface area (Å²) >= 11 is 0. The second-order valence-electron chi connectivity index (χ2n) is 10.6. The maximum Gasteiger partial charge on any atom is 0.126 e. The van der Waals surface area contributed by atoms with Crippen molar-refractivity contribution in [3.63, 3.8) is 0 Å². The second-order valence-corrected chi connectivity index (χ2v) is 14.3. The first kappa shape index (κ1) is 24.8. The molecule has 0 spiro atoms. The van der Waals surface area contributed by atoms with E-state index in [1.54, 1.807) is 7.11 Å². The van der Waals surface area contributed by atoms with E-state index in [1.165, 1.54) is 0 Å². The van der Waals surface area contributed by atoms with Crippen LogP contribution in [0.4, 0.5) is 0 Å². The van der Waals surface area contributed by atoms with Crippen molar-refractivity contribution in [2.75, 3.05) is 7.11 Å². The van der Waals surface area contributed by atoms with E-state index < -0.39 is 26.3 Å². The van der Waals surface area contributed by atoms with Gasteiger partial charge in [-0.1, -0.05) is 53.7 Å². The Bertz CT molecular complexity index is 936. The summed E-state index contributed by atoms with van der Waals surface area (Å²) in [6.07, 6.45) is 0. The van der Waals surface area contributed by atoms with Gasteiger partial charge in [0, 0.05) is 20.8 Å². The zero-order valence-electron chi connectivity index (χ0n) is 20.0. The lowest BCUT2D eigenvalue weighted by Gasteiger charge is -2.30. The first-order valence-electron chi connectivity index (χ1n) is 10.2. The largest absolute Gasteiger partial charge is 0.496 e. The molecule has 0 fully saturated rings. The van der Waals surface area contributed by atoms with Crippen LogP contribution in [0, 0.1) is 0 Å². The van der Waals surface area contributed by atoms with Crippen molar-refractivity contribution in [2.24, 2.45) is 0 Å². The average Bonchev–Trinajstić information content (AvgIpc) is 2.63. The molecule has 0 saturated heterocycles. The normalized spacial score (nSPS) is 15.0. The highest BCUT2D eigenvalue weighted by Gasteiger charge is 2.30. The number of methoxy groups -OCH3 is 1. The Morgan fingerprint density at radius 3 is 1.53 bits per heavy atom. The number of hydrogen-bond acceptors (Lipinski definition) is 3. The molecule has 30 heavy (non-hydrogen) atoms. The smallest absolute Gasteiger partial charge is 0.126 e. The van der Waals surface area contributed by atoms with Crippen molar-refractivity contribution < 1.29 is 13.2 Å². The molecule has 0 aliphatic carbocycles. The van der Waals surface area contributed by atoms with E-state index in [0.717, 1.165) is 16.9 Å². The number of hydrogen-bond donors (Lipinski definition) is 0. The molecular formula is C25H36O3S2. The lowest BCUT2D eigenvalue weighted by molar-refractivity contribution is 0.380. The van der Waals surface area contributed by atoms with Gasteiger partial charge in [-0.15, -0.1) is 0 Å². The highest BCUT2D eigenvalue weighted by molar-refractivity contribution is 7.89. The molecule has 0 radical (unpaired) electrons. The van der Waals surface area contributed by atoms with Gasteiger partial charge in [0.15, 0.2) is 0 Å². The van der Waals surface area contributed by atoms with E-state index in [2.05, 4.69) is 41.5 Å². The third-order valence-electron chi connectivity index (χ3n) is 4.90. The van der Waals surface area contributed by atoms with Crippen LogP contribution in [0.1, 0.15) is 73.4 Å². The van der Waals surface area contributed by atoms with Gasteiger partial charge < -0.3 is 4.74 Å². The molecule has 0 aliphatic heterocycles. The molecule has 0 N–H and O–H groups in total. The van der Waals surface area contributed by atoms with Crippen LogP contribution in [0.15, 0.2) is 51.1 Å². The van der Waals surface area contributed by atoms with Gasteiger partial charge in [-0.3, -0.25) is 4.21 Å². The van der Waals surface area contributed by atoms with Crippen molar-refractivity contribution in [3.8, 4) is 5.75 Å². The van der Waals surface area contributed by atoms with Crippen LogP contribution in [0.5, 0.6) is 5.75 Å². The third kappa shape index (κ3) is 5.23. The topological polar surface area (TPSA) is 43.4 Å². The molecule has 2 aromatic rings. The summed E-state index contributed by atoms with van der Waals surface area (Å²) < 4.78 is 32.3. The Labute approximate surface area is 187 Å². The molecule has 0 bridgehead atoms. The quantitative estimate of drug-likeness (QED) is 0.546. The Morgan fingerprint density at radius 2 is 1.17 bits per heavy atom. The maximum atomic E-state index is 13.8. The van der Waals surface area contributed by atoms with Crippen LogP contribution in [-0.2, 0) is 32.4 Å². The molecule has 0 heterocycles. The van der Waals surface area contributed by atoms with Crippen LogP contribution < -0.4 is 4.74 Å². The van der Waals surface area contributed by atoms with Crippen LogP contribution in [0.25, 0.3) is 0 Å². The predicted octanol–water partition coefficient (Wildman–Crippen LogP) is 6.36. The lowest BCUT2D eigenvalue weighted by atomic mass is 9.79. The van der Waals surface area contributed by atoms with Gasteiger partial charge in [-0.05, 0) is 55.9 Å². The molecule has 0 saturated carbocycles. The maximum absolute atomic E-state index is 13.8. The molecule has 166 valence electrons. The van der Waals surface area contributed by atoms with Crippen molar-refractivity contribution in [1.29, 1.82) is 0 Å². The van der Waals surface area contributed by atoms with Gasteiger partial charge in [0.25, 0.3) is 0 Å². The molecule has 0 aliphatic rings. The van der Waals surface area contributed by atoms with E-state index in [1.807, 2.05) is 57.2 Å². The fourth-order valence-corrected chi connectivity index (χ4v) is 5.98. The predicted molar refractivity (Wildman–Crippen MR) is 128 cm³/mol. The van der Waals surface area contributed by atoms with E-state index in [9.17, 15) is 8.42 Å². The van der Waals surface area contributed by atoms with Crippen molar-refractivity contribution in [2.45, 2.75) is 92.6 Å². The molecule has 2 atom stereocenters. The van der Waals surface area contributed by atoms with Gasteiger partial charge in [0.2, 0.25) is 0 Å². The minimum absolute atomic E-state index is 0.181. The molecule has 2 aromatic carbocycles. The Morgan fingerprint density at radius 1 is 0.733 bits per heavy atom. The van der Waals surface area contributed by atoms with Gasteiger partial charge in [0.1, 0.15) is 5.75 Å². The minimum atomic E-state index is -1.46. The van der Waals surface area contributed by atoms with Gasteiger partial charge in [-0.25, -0.2) is 4.21 Å². The SMILES string of the molecule is COc1c(C(C)(C)C)cc([S@](=O)c2ccccc2[S@](=O)C(C)(C)C)cc1C(C)(C)C. The summed E-state index contributed by atoms with van der Waals surface area (Å²) in [6.45, 7) is 18.6. The molecule has 2 rings (SSSR count). The fourth-order valence-electron chi connectivity index (χ4n) is 3.26. The van der Waals surface area contributed by atoms with E-state index in [0.29, 0.717) is 14.7 Å². The highest BCUT2D eigenvalue weighted by atomic mass is 32.2. The third-order valence-corrected chi connectivity index (χ3v) is 8.32. The Hall–Kier alpha value is -1.46. The van der Waals surface area contributed by atoms with Gasteiger partial charge >= 0.3 is 0 Å². The molecule has 0 amide bonds. The molecular weight excluding hydrogens is 412 g/mol. The van der Waals surface area contributed by atoms with Crippen molar-refractivity contribution >= 4 is 21.6 Å². The van der Waals surface area contributed by atoms with Gasteiger partial charge in [-0.2, -0.15) is 0 Å². The summed E-state index contributed by atoms with van der Waals surface area (Å²) in [5.74, 6) is 0.849. The van der Waals surface area contributed by atoms with Crippen LogP contribution in [-0.4, -0.2) is 20.3 Å². The van der Waals surface area contributed by atoms with E-state index in [-0.39, 0.29) is 10.8 Å². The van der Waals surface area contributed by atoms with Crippen molar-refractivity contribution in [3.05, 3.63) is 47.5 Å². The lowest BCUT2D eigenvalue weighted by Crippen LogP contribution is -2.23. The minimum Gasteiger partial charge on any atom is -0.496 e. The second kappa shape index (κ2) is 8.58. The van der Waals surface area contributed by atoms with Crippen molar-refractivity contribution in [1.82, 2.24) is 0 Å². The Kier molecular flexibility index (Phi) is 7.10. The summed E-state index contributed by atoms with van der Waals surface area (Å²) in [7, 11) is -1.05. The average molecular weight is 449 g/mol. The van der Waals surface area contributed by atoms with Crippen LogP contribution in [0.3, 0.4) is 0 Å². The summed E-state index contributed by atoms with van der Waals surface area (Å²) in [4.78, 5) is 1.95. The molecule has 3 nitrogen and oxygen atoms in total. The van der Waals surface area contributed by atoms with Crippen LogP contribution in [0.2, 0.25) is 0 Å². The monoisotopic (exact) mass is 448 g/mol. The summed E-state index contributed by atoms with van der Waals surface area (Å²) in [5.41, 5.74) is 1.68. The Balaban J connectivity index is 2.78. The number of rotatable bonds is 4. The van der Waals surface area contributed by atoms with E-state index in [4.69, 9.17) is 4.74 Å². The number of benzene rings is 2. The standard InChI is InChI=1S/C25H36O3S2/c1-23(2,3)18-15-17(16-19(22(18)28-10)24(4,5)6)29(26)20-13-11-12-14-21(20)30(27)25(7,8)9/h11-16H,1-10H3/t29-,30-/m0/s1. The van der Waals surface area contributed by atoms with E-state index >= 15 is 0 Å².